The molecule has 1 aliphatic heterocycles. The molecule has 29 heavy (non-hydrogen) atoms. The summed E-state index contributed by atoms with van der Waals surface area (Å²) in [5.74, 6) is 1.31. The number of carbonyl (C=O) groups excluding carboxylic acids is 1. The average molecular weight is 405 g/mol. The van der Waals surface area contributed by atoms with Gasteiger partial charge in [0.2, 0.25) is 0 Å². The van der Waals surface area contributed by atoms with Crippen molar-refractivity contribution in [3.05, 3.63) is 47.7 Å². The number of hydrogen-bond acceptors (Lipinski definition) is 5. The molecule has 1 amide bonds. The van der Waals surface area contributed by atoms with Gasteiger partial charge in [-0.1, -0.05) is 13.0 Å². The molecule has 1 aliphatic rings. The quantitative estimate of drug-likeness (QED) is 0.758. The third-order valence-electron chi connectivity index (χ3n) is 5.01. The van der Waals surface area contributed by atoms with Gasteiger partial charge in [0, 0.05) is 31.4 Å². The van der Waals surface area contributed by atoms with Crippen LogP contribution >= 0.6 is 0 Å². The number of piperidine rings is 1. The van der Waals surface area contributed by atoms with E-state index < -0.39 is 6.61 Å². The Bertz CT molecular complexity index is 822. The van der Waals surface area contributed by atoms with E-state index in [4.69, 9.17) is 4.74 Å². The van der Waals surface area contributed by atoms with E-state index in [1.165, 1.54) is 38.2 Å². The summed E-state index contributed by atoms with van der Waals surface area (Å²) in [6.45, 7) is 1.63. The standard InChI is InChI=1S/C21H25F2N3O3/c1-14-7-9-26(10-8-14)19-6-3-15(12-24-19)13-25-20(27)16-4-5-17(29-21(22)23)18(11-16)28-2/h3-6,11-12,14,21H,7-10,13H2,1-2H3,(H,25,27). The van der Waals surface area contributed by atoms with E-state index >= 15 is 0 Å². The van der Waals surface area contributed by atoms with Crippen molar-refractivity contribution in [1.82, 2.24) is 10.3 Å². The Morgan fingerprint density at radius 2 is 2.00 bits per heavy atom. The number of anilines is 1. The van der Waals surface area contributed by atoms with Crippen molar-refractivity contribution in [1.29, 1.82) is 0 Å². The normalized spacial score (nSPS) is 14.7. The summed E-state index contributed by atoms with van der Waals surface area (Å²) in [5.41, 5.74) is 1.16. The summed E-state index contributed by atoms with van der Waals surface area (Å²) in [6, 6.07) is 7.98. The van der Waals surface area contributed by atoms with Crippen LogP contribution in [-0.2, 0) is 6.54 Å². The Kier molecular flexibility index (Phi) is 6.85. The number of aromatic nitrogens is 1. The van der Waals surface area contributed by atoms with Gasteiger partial charge in [-0.3, -0.25) is 4.79 Å². The number of carbonyl (C=O) groups is 1. The lowest BCUT2D eigenvalue weighted by Crippen LogP contribution is -2.33. The Morgan fingerprint density at radius 1 is 1.24 bits per heavy atom. The summed E-state index contributed by atoms with van der Waals surface area (Å²) in [4.78, 5) is 19.2. The van der Waals surface area contributed by atoms with Crippen LogP contribution < -0.4 is 19.7 Å². The van der Waals surface area contributed by atoms with Crippen molar-refractivity contribution < 1.29 is 23.0 Å². The molecule has 0 radical (unpaired) electrons. The second kappa shape index (κ2) is 9.54. The van der Waals surface area contributed by atoms with Gasteiger partial charge in [-0.05, 0) is 48.6 Å². The number of pyridine rings is 1. The summed E-state index contributed by atoms with van der Waals surface area (Å²) >= 11 is 0. The van der Waals surface area contributed by atoms with Crippen molar-refractivity contribution >= 4 is 11.7 Å². The molecular formula is C21H25F2N3O3. The SMILES string of the molecule is COc1cc(C(=O)NCc2ccc(N3CCC(C)CC3)nc2)ccc1OC(F)F. The van der Waals surface area contributed by atoms with Gasteiger partial charge in [-0.2, -0.15) is 8.78 Å². The first-order valence-corrected chi connectivity index (χ1v) is 9.57. The van der Waals surface area contributed by atoms with Crippen molar-refractivity contribution in [3.8, 4) is 11.5 Å². The maximum atomic E-state index is 12.4. The second-order valence-electron chi connectivity index (χ2n) is 7.12. The first-order valence-electron chi connectivity index (χ1n) is 9.57. The molecule has 2 aromatic rings. The molecule has 6 nitrogen and oxygen atoms in total. The molecule has 1 N–H and O–H groups in total. The van der Waals surface area contributed by atoms with E-state index in [9.17, 15) is 13.6 Å². The molecule has 1 saturated heterocycles. The first kappa shape index (κ1) is 20.8. The van der Waals surface area contributed by atoms with Gasteiger partial charge in [-0.15, -0.1) is 0 Å². The van der Waals surface area contributed by atoms with Gasteiger partial charge in [0.25, 0.3) is 5.91 Å². The lowest BCUT2D eigenvalue weighted by atomic mass is 9.99. The van der Waals surface area contributed by atoms with Crippen molar-refractivity contribution in [3.63, 3.8) is 0 Å². The highest BCUT2D eigenvalue weighted by Crippen LogP contribution is 2.29. The summed E-state index contributed by atoms with van der Waals surface area (Å²) < 4.78 is 34.2. The average Bonchev–Trinajstić information content (AvgIpc) is 2.73. The van der Waals surface area contributed by atoms with Crippen LogP contribution in [0.25, 0.3) is 0 Å². The zero-order chi connectivity index (χ0) is 20.8. The highest BCUT2D eigenvalue weighted by molar-refractivity contribution is 5.94. The number of methoxy groups -OCH3 is 1. The number of benzene rings is 1. The lowest BCUT2D eigenvalue weighted by molar-refractivity contribution is -0.0512. The van der Waals surface area contributed by atoms with Gasteiger partial charge in [0.15, 0.2) is 11.5 Å². The zero-order valence-electron chi connectivity index (χ0n) is 16.5. The second-order valence-corrected chi connectivity index (χ2v) is 7.12. The van der Waals surface area contributed by atoms with Crippen LogP contribution in [0.5, 0.6) is 11.5 Å². The van der Waals surface area contributed by atoms with Crippen molar-refractivity contribution in [2.75, 3.05) is 25.1 Å². The van der Waals surface area contributed by atoms with Gasteiger partial charge in [-0.25, -0.2) is 4.98 Å². The molecule has 0 aliphatic carbocycles. The third kappa shape index (κ3) is 5.56. The Balaban J connectivity index is 1.57. The third-order valence-corrected chi connectivity index (χ3v) is 5.01. The fourth-order valence-electron chi connectivity index (χ4n) is 3.23. The van der Waals surface area contributed by atoms with Crippen LogP contribution in [0.1, 0.15) is 35.7 Å². The number of nitrogens with one attached hydrogen (secondary N) is 1. The topological polar surface area (TPSA) is 63.7 Å². The Morgan fingerprint density at radius 3 is 2.62 bits per heavy atom. The van der Waals surface area contributed by atoms with E-state index in [1.807, 2.05) is 12.1 Å². The predicted octanol–water partition coefficient (Wildman–Crippen LogP) is 3.86. The van der Waals surface area contributed by atoms with Crippen LogP contribution in [0.15, 0.2) is 36.5 Å². The van der Waals surface area contributed by atoms with E-state index in [-0.39, 0.29) is 23.0 Å². The van der Waals surface area contributed by atoms with Gasteiger partial charge < -0.3 is 19.7 Å². The van der Waals surface area contributed by atoms with Crippen molar-refractivity contribution in [2.45, 2.75) is 32.9 Å². The molecule has 0 spiro atoms. The van der Waals surface area contributed by atoms with Crippen molar-refractivity contribution in [2.24, 2.45) is 5.92 Å². The number of amides is 1. The van der Waals surface area contributed by atoms with Crippen LogP contribution in [0.4, 0.5) is 14.6 Å². The molecule has 0 unspecified atom stereocenters. The summed E-state index contributed by atoms with van der Waals surface area (Å²) in [6.07, 6.45) is 4.10. The smallest absolute Gasteiger partial charge is 0.387 e. The molecule has 1 aromatic heterocycles. The highest BCUT2D eigenvalue weighted by Gasteiger charge is 2.17. The lowest BCUT2D eigenvalue weighted by Gasteiger charge is -2.31. The summed E-state index contributed by atoms with van der Waals surface area (Å²) in [7, 11) is 1.32. The maximum absolute atomic E-state index is 12.4. The molecule has 3 rings (SSSR count). The molecule has 0 atom stereocenters. The highest BCUT2D eigenvalue weighted by atomic mass is 19.3. The molecule has 2 heterocycles. The van der Waals surface area contributed by atoms with Crippen LogP contribution in [0.3, 0.4) is 0 Å². The van der Waals surface area contributed by atoms with Crippen LogP contribution in [0.2, 0.25) is 0 Å². The van der Waals surface area contributed by atoms with E-state index in [0.717, 1.165) is 30.4 Å². The van der Waals surface area contributed by atoms with E-state index in [1.54, 1.807) is 6.20 Å². The molecule has 8 heteroatoms. The number of hydrogen-bond donors (Lipinski definition) is 1. The number of nitrogens with zero attached hydrogens (tertiary/aromatic N) is 2. The molecule has 0 bridgehead atoms. The van der Waals surface area contributed by atoms with Gasteiger partial charge in [0.05, 0.1) is 7.11 Å². The van der Waals surface area contributed by atoms with E-state index in [2.05, 4.69) is 26.9 Å². The number of alkyl halides is 2. The number of halogens is 2. The molecule has 1 aromatic carbocycles. The minimum Gasteiger partial charge on any atom is -0.493 e. The molecule has 1 fully saturated rings. The van der Waals surface area contributed by atoms with Gasteiger partial charge in [0.1, 0.15) is 5.82 Å². The minimum absolute atomic E-state index is 0.0693. The van der Waals surface area contributed by atoms with Gasteiger partial charge >= 0.3 is 6.61 Å². The summed E-state index contributed by atoms with van der Waals surface area (Å²) in [5, 5.41) is 2.79. The number of ether oxygens (including phenoxy) is 2. The largest absolute Gasteiger partial charge is 0.493 e. The number of rotatable bonds is 7. The Labute approximate surface area is 168 Å². The first-order chi connectivity index (χ1) is 14.0. The minimum atomic E-state index is -2.97. The fourth-order valence-corrected chi connectivity index (χ4v) is 3.23. The Hall–Kier alpha value is -2.90. The maximum Gasteiger partial charge on any atom is 0.387 e. The fraction of sp³-hybridized carbons (Fsp3) is 0.429. The van der Waals surface area contributed by atoms with Crippen LogP contribution in [-0.4, -0.2) is 37.7 Å². The van der Waals surface area contributed by atoms with Crippen LogP contribution in [0, 0.1) is 5.92 Å². The molecular weight excluding hydrogens is 380 g/mol. The zero-order valence-corrected chi connectivity index (χ0v) is 16.5. The predicted molar refractivity (Wildman–Crippen MR) is 106 cm³/mol. The molecule has 156 valence electrons. The van der Waals surface area contributed by atoms with E-state index in [0.29, 0.717) is 6.54 Å². The monoisotopic (exact) mass is 405 g/mol. The molecule has 0 saturated carbocycles.